The van der Waals surface area contributed by atoms with E-state index in [1.807, 2.05) is 42.6 Å². The maximum Gasteiger partial charge on any atom is 0.259 e. The van der Waals surface area contributed by atoms with Crippen LogP contribution in [0.25, 0.3) is 0 Å². The van der Waals surface area contributed by atoms with Gasteiger partial charge in [0, 0.05) is 29.3 Å². The van der Waals surface area contributed by atoms with E-state index in [2.05, 4.69) is 15.3 Å². The molecule has 0 saturated carbocycles. The Kier molecular flexibility index (Phi) is 4.86. The molecule has 3 aromatic rings. The van der Waals surface area contributed by atoms with Crippen molar-refractivity contribution in [2.24, 2.45) is 0 Å². The Labute approximate surface area is 144 Å². The molecule has 0 unspecified atom stereocenters. The van der Waals surface area contributed by atoms with Crippen molar-refractivity contribution in [3.63, 3.8) is 0 Å². The van der Waals surface area contributed by atoms with E-state index in [1.54, 1.807) is 19.4 Å². The lowest BCUT2D eigenvalue weighted by Crippen LogP contribution is -2.12. The Hall–Kier alpha value is -2.73. The summed E-state index contributed by atoms with van der Waals surface area (Å²) in [4.78, 5) is 20.8. The lowest BCUT2D eigenvalue weighted by Gasteiger charge is -2.08. The van der Waals surface area contributed by atoms with Crippen molar-refractivity contribution >= 4 is 22.4 Å². The van der Waals surface area contributed by atoms with E-state index in [0.29, 0.717) is 17.1 Å². The number of amides is 1. The molecule has 24 heavy (non-hydrogen) atoms. The SMILES string of the molecule is COc1ccccc1Cc1ccc(C(=O)Nc2nc(C)cs2)cn1. The molecule has 1 amide bonds. The highest BCUT2D eigenvalue weighted by molar-refractivity contribution is 7.13. The number of aryl methyl sites for hydroxylation is 1. The number of pyridine rings is 1. The monoisotopic (exact) mass is 339 g/mol. The molecule has 0 aliphatic rings. The Balaban J connectivity index is 1.70. The maximum absolute atomic E-state index is 12.2. The molecule has 2 aromatic heterocycles. The first-order chi connectivity index (χ1) is 11.7. The summed E-state index contributed by atoms with van der Waals surface area (Å²) in [7, 11) is 1.65. The maximum atomic E-state index is 12.2. The van der Waals surface area contributed by atoms with Crippen LogP contribution in [0, 0.1) is 6.92 Å². The second-order valence-electron chi connectivity index (χ2n) is 5.27. The van der Waals surface area contributed by atoms with E-state index < -0.39 is 0 Å². The van der Waals surface area contributed by atoms with Gasteiger partial charge >= 0.3 is 0 Å². The predicted molar refractivity (Wildman–Crippen MR) is 94.8 cm³/mol. The fourth-order valence-corrected chi connectivity index (χ4v) is 2.97. The van der Waals surface area contributed by atoms with Gasteiger partial charge in [-0.25, -0.2) is 4.98 Å². The van der Waals surface area contributed by atoms with Crippen LogP contribution in [0.2, 0.25) is 0 Å². The van der Waals surface area contributed by atoms with Crippen molar-refractivity contribution in [3.05, 3.63) is 70.5 Å². The summed E-state index contributed by atoms with van der Waals surface area (Å²) >= 11 is 1.40. The number of anilines is 1. The van der Waals surface area contributed by atoms with Gasteiger partial charge in [-0.2, -0.15) is 0 Å². The van der Waals surface area contributed by atoms with Crippen LogP contribution in [-0.4, -0.2) is 23.0 Å². The van der Waals surface area contributed by atoms with Crippen molar-refractivity contribution in [1.29, 1.82) is 0 Å². The molecule has 0 fully saturated rings. The van der Waals surface area contributed by atoms with E-state index in [1.165, 1.54) is 11.3 Å². The summed E-state index contributed by atoms with van der Waals surface area (Å²) in [5.74, 6) is 0.626. The number of nitrogens with one attached hydrogen (secondary N) is 1. The Morgan fingerprint density at radius 3 is 2.75 bits per heavy atom. The molecule has 6 heteroatoms. The molecular weight excluding hydrogens is 322 g/mol. The van der Waals surface area contributed by atoms with Gasteiger partial charge in [0.25, 0.3) is 5.91 Å². The number of aromatic nitrogens is 2. The number of carbonyl (C=O) groups excluding carboxylic acids is 1. The van der Waals surface area contributed by atoms with Crippen molar-refractivity contribution in [2.75, 3.05) is 12.4 Å². The van der Waals surface area contributed by atoms with Crippen molar-refractivity contribution in [2.45, 2.75) is 13.3 Å². The molecular formula is C18H17N3O2S. The number of para-hydroxylation sites is 1. The molecule has 0 saturated heterocycles. The number of hydrogen-bond donors (Lipinski definition) is 1. The van der Waals surface area contributed by atoms with E-state index in [-0.39, 0.29) is 5.91 Å². The first-order valence-corrected chi connectivity index (χ1v) is 8.34. The summed E-state index contributed by atoms with van der Waals surface area (Å²) in [5.41, 5.74) is 3.33. The number of ether oxygens (including phenoxy) is 1. The van der Waals surface area contributed by atoms with Gasteiger partial charge in [-0.15, -0.1) is 11.3 Å². The molecule has 0 bridgehead atoms. The summed E-state index contributed by atoms with van der Waals surface area (Å²) in [6, 6.07) is 11.5. The first-order valence-electron chi connectivity index (χ1n) is 7.46. The topological polar surface area (TPSA) is 64.1 Å². The van der Waals surface area contributed by atoms with Gasteiger partial charge in [-0.1, -0.05) is 18.2 Å². The van der Waals surface area contributed by atoms with Crippen LogP contribution in [0.15, 0.2) is 48.0 Å². The molecule has 1 N–H and O–H groups in total. The Morgan fingerprint density at radius 2 is 2.08 bits per heavy atom. The fraction of sp³-hybridized carbons (Fsp3) is 0.167. The van der Waals surface area contributed by atoms with Crippen LogP contribution in [0.5, 0.6) is 5.75 Å². The largest absolute Gasteiger partial charge is 0.496 e. The number of methoxy groups -OCH3 is 1. The van der Waals surface area contributed by atoms with Gasteiger partial charge in [-0.3, -0.25) is 15.1 Å². The molecule has 0 atom stereocenters. The van der Waals surface area contributed by atoms with Crippen LogP contribution in [0.1, 0.15) is 27.3 Å². The molecule has 1 aromatic carbocycles. The van der Waals surface area contributed by atoms with E-state index >= 15 is 0 Å². The van der Waals surface area contributed by atoms with E-state index in [4.69, 9.17) is 4.74 Å². The van der Waals surface area contributed by atoms with Crippen LogP contribution in [-0.2, 0) is 6.42 Å². The number of benzene rings is 1. The minimum absolute atomic E-state index is 0.208. The molecule has 0 aliphatic heterocycles. The zero-order valence-electron chi connectivity index (χ0n) is 13.4. The lowest BCUT2D eigenvalue weighted by molar-refractivity contribution is 0.102. The van der Waals surface area contributed by atoms with Crippen LogP contribution in [0.4, 0.5) is 5.13 Å². The minimum atomic E-state index is -0.208. The molecule has 0 radical (unpaired) electrons. The molecule has 0 aliphatic carbocycles. The highest BCUT2D eigenvalue weighted by Crippen LogP contribution is 2.20. The molecule has 2 heterocycles. The highest BCUT2D eigenvalue weighted by Gasteiger charge is 2.10. The van der Waals surface area contributed by atoms with Crippen LogP contribution < -0.4 is 10.1 Å². The number of nitrogens with zero attached hydrogens (tertiary/aromatic N) is 2. The quantitative estimate of drug-likeness (QED) is 0.770. The van der Waals surface area contributed by atoms with Crippen LogP contribution in [0.3, 0.4) is 0 Å². The molecule has 5 nitrogen and oxygen atoms in total. The normalized spacial score (nSPS) is 10.4. The van der Waals surface area contributed by atoms with Gasteiger partial charge in [0.05, 0.1) is 18.4 Å². The third-order valence-corrected chi connectivity index (χ3v) is 4.37. The van der Waals surface area contributed by atoms with E-state index in [9.17, 15) is 4.79 Å². The van der Waals surface area contributed by atoms with Crippen LogP contribution >= 0.6 is 11.3 Å². The zero-order chi connectivity index (χ0) is 16.9. The van der Waals surface area contributed by atoms with Gasteiger partial charge in [-0.05, 0) is 25.1 Å². The average molecular weight is 339 g/mol. The lowest BCUT2D eigenvalue weighted by atomic mass is 10.1. The summed E-state index contributed by atoms with van der Waals surface area (Å²) in [6.07, 6.45) is 2.23. The van der Waals surface area contributed by atoms with Gasteiger partial charge in [0.2, 0.25) is 0 Å². The third kappa shape index (κ3) is 3.78. The standard InChI is InChI=1S/C18H17N3O2S/c1-12-11-24-18(20-12)21-17(22)14-7-8-15(19-10-14)9-13-5-3-4-6-16(13)23-2/h3-8,10-11H,9H2,1-2H3,(H,20,21,22). The molecule has 122 valence electrons. The van der Waals surface area contributed by atoms with Crippen molar-refractivity contribution in [3.8, 4) is 5.75 Å². The number of thiazole rings is 1. The molecule has 3 rings (SSSR count). The Morgan fingerprint density at radius 1 is 1.25 bits per heavy atom. The van der Waals surface area contributed by atoms with Gasteiger partial charge < -0.3 is 4.74 Å². The second kappa shape index (κ2) is 7.23. The Bertz CT molecular complexity index is 843. The number of hydrogen-bond acceptors (Lipinski definition) is 5. The highest BCUT2D eigenvalue weighted by atomic mass is 32.1. The summed E-state index contributed by atoms with van der Waals surface area (Å²) in [5, 5.41) is 5.26. The second-order valence-corrected chi connectivity index (χ2v) is 6.13. The van der Waals surface area contributed by atoms with E-state index in [0.717, 1.165) is 22.7 Å². The summed E-state index contributed by atoms with van der Waals surface area (Å²) < 4.78 is 5.35. The van der Waals surface area contributed by atoms with Crippen molar-refractivity contribution in [1.82, 2.24) is 9.97 Å². The first kappa shape index (κ1) is 16.1. The minimum Gasteiger partial charge on any atom is -0.496 e. The zero-order valence-corrected chi connectivity index (χ0v) is 14.3. The fourth-order valence-electron chi connectivity index (χ4n) is 2.29. The number of rotatable bonds is 5. The van der Waals surface area contributed by atoms with Crippen molar-refractivity contribution < 1.29 is 9.53 Å². The smallest absolute Gasteiger partial charge is 0.259 e. The summed E-state index contributed by atoms with van der Waals surface area (Å²) in [6.45, 7) is 1.89. The molecule has 0 spiro atoms. The third-order valence-electron chi connectivity index (χ3n) is 3.49. The number of carbonyl (C=O) groups is 1. The average Bonchev–Trinajstić information content (AvgIpc) is 3.01. The van der Waals surface area contributed by atoms with Gasteiger partial charge in [0.1, 0.15) is 5.75 Å². The predicted octanol–water partition coefficient (Wildman–Crippen LogP) is 3.70. The van der Waals surface area contributed by atoms with Gasteiger partial charge in [0.15, 0.2) is 5.13 Å².